The van der Waals surface area contributed by atoms with Crippen molar-refractivity contribution < 1.29 is 14.7 Å². The van der Waals surface area contributed by atoms with Crippen molar-refractivity contribution in [3.8, 4) is 0 Å². The number of hydrogen-bond donors (Lipinski definition) is 1. The van der Waals surface area contributed by atoms with E-state index in [1.54, 1.807) is 23.1 Å². The van der Waals surface area contributed by atoms with Crippen LogP contribution in [0.1, 0.15) is 20.8 Å². The molecular weight excluding hydrogens is 298 g/mol. The van der Waals surface area contributed by atoms with Gasteiger partial charge in [-0.2, -0.15) is 0 Å². The standard InChI is InChI=1S/C14H10ClNO3S/c15-12-4-2-10(20-12)7-16-11-3-1-8(14(18)19)5-9(11)6-13(16)17/h1-5H,6-7H2,(H,18,19). The first-order chi connectivity index (χ1) is 9.54. The Morgan fingerprint density at radius 3 is 2.80 bits per heavy atom. The number of benzene rings is 1. The Hall–Kier alpha value is -1.85. The quantitative estimate of drug-likeness (QED) is 0.947. The van der Waals surface area contributed by atoms with Gasteiger partial charge in [-0.1, -0.05) is 11.6 Å². The summed E-state index contributed by atoms with van der Waals surface area (Å²) in [5.74, 6) is -1.00. The summed E-state index contributed by atoms with van der Waals surface area (Å²) in [5.41, 5.74) is 1.75. The van der Waals surface area contributed by atoms with Crippen molar-refractivity contribution in [2.24, 2.45) is 0 Å². The van der Waals surface area contributed by atoms with Crippen LogP contribution in [0, 0.1) is 0 Å². The minimum Gasteiger partial charge on any atom is -0.478 e. The van der Waals surface area contributed by atoms with Gasteiger partial charge in [-0.3, -0.25) is 4.79 Å². The summed E-state index contributed by atoms with van der Waals surface area (Å²) < 4.78 is 0.688. The van der Waals surface area contributed by atoms with E-state index in [1.165, 1.54) is 17.4 Å². The number of carboxylic acid groups (broad SMARTS) is 1. The van der Waals surface area contributed by atoms with E-state index in [0.717, 1.165) is 16.1 Å². The largest absolute Gasteiger partial charge is 0.478 e. The highest BCUT2D eigenvalue weighted by atomic mass is 35.5. The highest BCUT2D eigenvalue weighted by molar-refractivity contribution is 7.16. The minimum atomic E-state index is -0.983. The fourth-order valence-electron chi connectivity index (χ4n) is 2.28. The maximum absolute atomic E-state index is 12.1. The Morgan fingerprint density at radius 1 is 1.35 bits per heavy atom. The number of hydrogen-bond acceptors (Lipinski definition) is 3. The number of amides is 1. The Labute approximate surface area is 124 Å². The summed E-state index contributed by atoms with van der Waals surface area (Å²) in [5, 5.41) is 8.97. The van der Waals surface area contributed by atoms with Crippen molar-refractivity contribution in [2.75, 3.05) is 4.90 Å². The molecule has 0 spiro atoms. The lowest BCUT2D eigenvalue weighted by Gasteiger charge is -2.16. The second kappa shape index (κ2) is 4.92. The molecular formula is C14H10ClNO3S. The Balaban J connectivity index is 1.92. The van der Waals surface area contributed by atoms with Gasteiger partial charge in [0.15, 0.2) is 0 Å². The van der Waals surface area contributed by atoms with Crippen LogP contribution < -0.4 is 4.90 Å². The molecule has 102 valence electrons. The summed E-state index contributed by atoms with van der Waals surface area (Å²) >= 11 is 7.32. The van der Waals surface area contributed by atoms with Gasteiger partial charge in [-0.05, 0) is 35.9 Å². The zero-order valence-corrected chi connectivity index (χ0v) is 11.9. The monoisotopic (exact) mass is 307 g/mol. The molecule has 1 aromatic heterocycles. The van der Waals surface area contributed by atoms with Gasteiger partial charge in [0, 0.05) is 10.6 Å². The number of halogens is 1. The Bertz CT molecular complexity index is 710. The third kappa shape index (κ3) is 2.30. The normalized spacial score (nSPS) is 13.7. The molecule has 1 N–H and O–H groups in total. The number of carboxylic acids is 1. The van der Waals surface area contributed by atoms with Gasteiger partial charge in [0.05, 0.1) is 22.9 Å². The van der Waals surface area contributed by atoms with Gasteiger partial charge < -0.3 is 10.0 Å². The van der Waals surface area contributed by atoms with Gasteiger partial charge >= 0.3 is 5.97 Å². The van der Waals surface area contributed by atoms with E-state index in [1.807, 2.05) is 6.07 Å². The molecule has 0 aliphatic carbocycles. The van der Waals surface area contributed by atoms with Crippen LogP contribution in [0.3, 0.4) is 0 Å². The van der Waals surface area contributed by atoms with Crippen LogP contribution in [-0.2, 0) is 17.8 Å². The molecule has 1 aliphatic rings. The van der Waals surface area contributed by atoms with Crippen molar-refractivity contribution in [1.29, 1.82) is 0 Å². The number of nitrogens with zero attached hydrogens (tertiary/aromatic N) is 1. The summed E-state index contributed by atoms with van der Waals surface area (Å²) in [6, 6.07) is 8.48. The van der Waals surface area contributed by atoms with Crippen LogP contribution in [-0.4, -0.2) is 17.0 Å². The first-order valence-corrected chi connectivity index (χ1v) is 7.15. The number of carbonyl (C=O) groups is 2. The van der Waals surface area contributed by atoms with Crippen LogP contribution in [0.15, 0.2) is 30.3 Å². The third-order valence-corrected chi connectivity index (χ3v) is 4.42. The average Bonchev–Trinajstić information content (AvgIpc) is 2.94. The van der Waals surface area contributed by atoms with Crippen LogP contribution in [0.4, 0.5) is 5.69 Å². The molecule has 6 heteroatoms. The number of carbonyl (C=O) groups excluding carboxylic acids is 1. The van der Waals surface area contributed by atoms with E-state index >= 15 is 0 Å². The SMILES string of the molecule is O=C(O)c1ccc2c(c1)CC(=O)N2Cc1ccc(Cl)s1. The Morgan fingerprint density at radius 2 is 2.15 bits per heavy atom. The first kappa shape index (κ1) is 13.1. The molecule has 0 radical (unpaired) electrons. The molecule has 0 bridgehead atoms. The molecule has 1 aromatic carbocycles. The van der Waals surface area contributed by atoms with Gasteiger partial charge in [0.1, 0.15) is 0 Å². The van der Waals surface area contributed by atoms with Crippen LogP contribution in [0.5, 0.6) is 0 Å². The fourth-order valence-corrected chi connectivity index (χ4v) is 3.36. The predicted octanol–water partition coefficient (Wildman–Crippen LogP) is 3.19. The van der Waals surface area contributed by atoms with Crippen LogP contribution >= 0.6 is 22.9 Å². The number of aromatic carboxylic acids is 1. The van der Waals surface area contributed by atoms with Gasteiger partial charge in [0.25, 0.3) is 0 Å². The minimum absolute atomic E-state index is 0.0212. The van der Waals surface area contributed by atoms with E-state index in [-0.39, 0.29) is 17.9 Å². The van der Waals surface area contributed by atoms with Gasteiger partial charge in [0.2, 0.25) is 5.91 Å². The lowest BCUT2D eigenvalue weighted by molar-refractivity contribution is -0.117. The zero-order valence-electron chi connectivity index (χ0n) is 10.3. The molecule has 2 heterocycles. The molecule has 4 nitrogen and oxygen atoms in total. The van der Waals surface area contributed by atoms with Gasteiger partial charge in [-0.15, -0.1) is 11.3 Å². The van der Waals surface area contributed by atoms with Crippen molar-refractivity contribution in [2.45, 2.75) is 13.0 Å². The smallest absolute Gasteiger partial charge is 0.335 e. The molecule has 2 aromatic rings. The number of thiophene rings is 1. The number of rotatable bonds is 3. The van der Waals surface area contributed by atoms with E-state index < -0.39 is 5.97 Å². The highest BCUT2D eigenvalue weighted by Gasteiger charge is 2.28. The average molecular weight is 308 g/mol. The first-order valence-electron chi connectivity index (χ1n) is 5.95. The summed E-state index contributed by atoms with van der Waals surface area (Å²) in [4.78, 5) is 25.7. The molecule has 0 atom stereocenters. The highest BCUT2D eigenvalue weighted by Crippen LogP contribution is 2.32. The van der Waals surface area contributed by atoms with E-state index in [0.29, 0.717) is 10.9 Å². The summed E-state index contributed by atoms with van der Waals surface area (Å²) in [6.07, 6.45) is 0.246. The maximum Gasteiger partial charge on any atom is 0.335 e. The number of anilines is 1. The maximum atomic E-state index is 12.1. The van der Waals surface area contributed by atoms with Gasteiger partial charge in [-0.25, -0.2) is 4.79 Å². The van der Waals surface area contributed by atoms with Crippen LogP contribution in [0.25, 0.3) is 0 Å². The van der Waals surface area contributed by atoms with E-state index in [4.69, 9.17) is 16.7 Å². The van der Waals surface area contributed by atoms with Crippen molar-refractivity contribution >= 4 is 40.5 Å². The molecule has 0 saturated carbocycles. The van der Waals surface area contributed by atoms with Crippen LogP contribution in [0.2, 0.25) is 4.34 Å². The molecule has 1 amide bonds. The topological polar surface area (TPSA) is 57.6 Å². The lowest BCUT2D eigenvalue weighted by atomic mass is 10.1. The molecule has 0 unspecified atom stereocenters. The summed E-state index contributed by atoms with van der Waals surface area (Å²) in [6.45, 7) is 0.468. The van der Waals surface area contributed by atoms with E-state index in [2.05, 4.69) is 0 Å². The Kier molecular flexibility index (Phi) is 3.23. The number of fused-ring (bicyclic) bond motifs is 1. The lowest BCUT2D eigenvalue weighted by Crippen LogP contribution is -2.25. The molecule has 20 heavy (non-hydrogen) atoms. The van der Waals surface area contributed by atoms with Crippen molar-refractivity contribution in [1.82, 2.24) is 0 Å². The third-order valence-electron chi connectivity index (χ3n) is 3.20. The van der Waals surface area contributed by atoms with E-state index in [9.17, 15) is 9.59 Å². The van der Waals surface area contributed by atoms with Crippen molar-refractivity contribution in [3.05, 3.63) is 50.7 Å². The second-order valence-electron chi connectivity index (χ2n) is 4.51. The second-order valence-corrected chi connectivity index (χ2v) is 6.31. The molecule has 0 saturated heterocycles. The molecule has 3 rings (SSSR count). The molecule has 0 fully saturated rings. The predicted molar refractivity (Wildman–Crippen MR) is 77.6 cm³/mol. The fraction of sp³-hybridized carbons (Fsp3) is 0.143. The summed E-state index contributed by atoms with van der Waals surface area (Å²) in [7, 11) is 0. The molecule has 1 aliphatic heterocycles. The zero-order chi connectivity index (χ0) is 14.3. The van der Waals surface area contributed by atoms with Crippen molar-refractivity contribution in [3.63, 3.8) is 0 Å².